The Labute approximate surface area is 131 Å². The first-order valence-electron chi connectivity index (χ1n) is 7.40. The topological polar surface area (TPSA) is 64.3 Å². The Morgan fingerprint density at radius 2 is 1.95 bits per heavy atom. The third-order valence-corrected chi connectivity index (χ3v) is 3.56. The van der Waals surface area contributed by atoms with Gasteiger partial charge in [0.2, 0.25) is 0 Å². The fourth-order valence-corrected chi connectivity index (χ4v) is 2.18. The molecule has 0 radical (unpaired) electrons. The highest BCUT2D eigenvalue weighted by Gasteiger charge is 2.19. The summed E-state index contributed by atoms with van der Waals surface area (Å²) in [6.07, 6.45) is 0.0452. The fraction of sp³-hybridized carbons (Fsp3) is 0.278. The molecule has 0 bridgehead atoms. The Hall–Kier alpha value is -2.49. The van der Waals surface area contributed by atoms with Gasteiger partial charge in [-0.3, -0.25) is 4.79 Å². The van der Waals surface area contributed by atoms with E-state index in [4.69, 9.17) is 10.5 Å². The van der Waals surface area contributed by atoms with Crippen LogP contribution in [0.15, 0.2) is 42.5 Å². The first kappa shape index (κ1) is 15.9. The number of nitrogens with one attached hydrogen (secondary N) is 1. The molecule has 1 unspecified atom stereocenters. The van der Waals surface area contributed by atoms with Crippen LogP contribution in [0.2, 0.25) is 0 Å². The lowest BCUT2D eigenvalue weighted by Crippen LogP contribution is -2.32. The van der Waals surface area contributed by atoms with Gasteiger partial charge in [0, 0.05) is 11.4 Å². The molecule has 0 aliphatic heterocycles. The zero-order valence-electron chi connectivity index (χ0n) is 13.2. The van der Waals surface area contributed by atoms with Crippen molar-refractivity contribution in [3.05, 3.63) is 53.6 Å². The van der Waals surface area contributed by atoms with E-state index in [1.165, 1.54) is 0 Å². The van der Waals surface area contributed by atoms with E-state index < -0.39 is 6.10 Å². The van der Waals surface area contributed by atoms with Gasteiger partial charge in [-0.1, -0.05) is 25.1 Å². The van der Waals surface area contributed by atoms with Crippen LogP contribution in [0, 0.1) is 13.8 Å². The van der Waals surface area contributed by atoms with Crippen LogP contribution in [0.25, 0.3) is 0 Å². The van der Waals surface area contributed by atoms with Crippen LogP contribution < -0.4 is 15.8 Å². The number of anilines is 2. The number of amides is 1. The molecule has 2 aromatic rings. The number of carbonyl (C=O) groups is 1. The van der Waals surface area contributed by atoms with Crippen molar-refractivity contribution in [2.75, 3.05) is 11.1 Å². The number of hydrogen-bond donors (Lipinski definition) is 2. The molecule has 2 rings (SSSR count). The quantitative estimate of drug-likeness (QED) is 0.828. The molecule has 4 heteroatoms. The summed E-state index contributed by atoms with van der Waals surface area (Å²) in [6, 6.07) is 13.1. The van der Waals surface area contributed by atoms with Crippen molar-refractivity contribution in [1.82, 2.24) is 0 Å². The van der Waals surface area contributed by atoms with E-state index in [1.54, 1.807) is 0 Å². The monoisotopic (exact) mass is 298 g/mol. The van der Waals surface area contributed by atoms with Gasteiger partial charge in [-0.05, 0) is 55.7 Å². The molecule has 2 aromatic carbocycles. The van der Waals surface area contributed by atoms with Gasteiger partial charge in [0.25, 0.3) is 5.91 Å². The molecular formula is C18H22N2O2. The molecule has 0 spiro atoms. The summed E-state index contributed by atoms with van der Waals surface area (Å²) in [5, 5.41) is 2.89. The second kappa shape index (κ2) is 6.98. The standard InChI is InChI=1S/C18H22N2O2/c1-4-17(22-14-8-5-7-12(2)11-14)18(21)20-16-10-6-9-15(19)13(16)3/h5-11,17H,4,19H2,1-3H3,(H,20,21). The van der Waals surface area contributed by atoms with Crippen molar-refractivity contribution in [3.8, 4) is 5.75 Å². The fourth-order valence-electron chi connectivity index (χ4n) is 2.18. The summed E-state index contributed by atoms with van der Waals surface area (Å²) in [4.78, 5) is 12.4. The Balaban J connectivity index is 2.10. The molecule has 0 saturated heterocycles. The maximum atomic E-state index is 12.4. The molecule has 1 amide bonds. The number of benzene rings is 2. The van der Waals surface area contributed by atoms with Crippen molar-refractivity contribution in [3.63, 3.8) is 0 Å². The number of aryl methyl sites for hydroxylation is 1. The average molecular weight is 298 g/mol. The van der Waals surface area contributed by atoms with Gasteiger partial charge in [0.05, 0.1) is 0 Å². The maximum absolute atomic E-state index is 12.4. The van der Waals surface area contributed by atoms with Crippen molar-refractivity contribution >= 4 is 17.3 Å². The van der Waals surface area contributed by atoms with Gasteiger partial charge in [0.1, 0.15) is 5.75 Å². The number of hydrogen-bond acceptors (Lipinski definition) is 3. The number of carbonyl (C=O) groups excluding carboxylic acids is 1. The van der Waals surface area contributed by atoms with Gasteiger partial charge >= 0.3 is 0 Å². The third-order valence-electron chi connectivity index (χ3n) is 3.56. The zero-order valence-corrected chi connectivity index (χ0v) is 13.2. The van der Waals surface area contributed by atoms with Gasteiger partial charge < -0.3 is 15.8 Å². The van der Waals surface area contributed by atoms with Crippen LogP contribution in [0.1, 0.15) is 24.5 Å². The number of nitrogen functional groups attached to an aromatic ring is 1. The summed E-state index contributed by atoms with van der Waals surface area (Å²) in [5.74, 6) is 0.531. The lowest BCUT2D eigenvalue weighted by molar-refractivity contribution is -0.122. The Kier molecular flexibility index (Phi) is 5.04. The highest BCUT2D eigenvalue weighted by Crippen LogP contribution is 2.22. The van der Waals surface area contributed by atoms with Crippen molar-refractivity contribution in [2.24, 2.45) is 0 Å². The van der Waals surface area contributed by atoms with E-state index in [2.05, 4.69) is 5.32 Å². The Bertz CT molecular complexity index is 668. The molecule has 0 aliphatic rings. The molecule has 4 nitrogen and oxygen atoms in total. The van der Waals surface area contributed by atoms with Gasteiger partial charge in [-0.25, -0.2) is 0 Å². The lowest BCUT2D eigenvalue weighted by Gasteiger charge is -2.18. The summed E-state index contributed by atoms with van der Waals surface area (Å²) in [5.41, 5.74) is 9.20. The van der Waals surface area contributed by atoms with E-state index in [0.29, 0.717) is 17.9 Å². The van der Waals surface area contributed by atoms with Crippen LogP contribution >= 0.6 is 0 Å². The van der Waals surface area contributed by atoms with Crippen molar-refractivity contribution in [1.29, 1.82) is 0 Å². The molecule has 116 valence electrons. The summed E-state index contributed by atoms with van der Waals surface area (Å²) in [7, 11) is 0. The smallest absolute Gasteiger partial charge is 0.265 e. The molecule has 3 N–H and O–H groups in total. The number of nitrogens with two attached hydrogens (primary N) is 1. The number of rotatable bonds is 5. The summed E-state index contributed by atoms with van der Waals surface area (Å²) < 4.78 is 5.81. The van der Waals surface area contributed by atoms with E-state index in [9.17, 15) is 4.79 Å². The predicted molar refractivity (Wildman–Crippen MR) is 90.1 cm³/mol. The van der Waals surface area contributed by atoms with Crippen molar-refractivity contribution in [2.45, 2.75) is 33.3 Å². The van der Waals surface area contributed by atoms with Gasteiger partial charge in [-0.2, -0.15) is 0 Å². The highest BCUT2D eigenvalue weighted by atomic mass is 16.5. The van der Waals surface area contributed by atoms with Crippen LogP contribution in [-0.2, 0) is 4.79 Å². The van der Waals surface area contributed by atoms with Crippen LogP contribution in [0.3, 0.4) is 0 Å². The average Bonchev–Trinajstić information content (AvgIpc) is 2.49. The molecule has 1 atom stereocenters. The van der Waals surface area contributed by atoms with Crippen LogP contribution in [-0.4, -0.2) is 12.0 Å². The zero-order chi connectivity index (χ0) is 16.1. The summed E-state index contributed by atoms with van der Waals surface area (Å²) >= 11 is 0. The lowest BCUT2D eigenvalue weighted by atomic mass is 10.1. The molecular weight excluding hydrogens is 276 g/mol. The Morgan fingerprint density at radius 1 is 1.23 bits per heavy atom. The molecule has 0 aromatic heterocycles. The Morgan fingerprint density at radius 3 is 2.64 bits per heavy atom. The number of ether oxygens (including phenoxy) is 1. The van der Waals surface area contributed by atoms with Crippen LogP contribution in [0.5, 0.6) is 5.75 Å². The second-order valence-corrected chi connectivity index (χ2v) is 5.34. The maximum Gasteiger partial charge on any atom is 0.265 e. The summed E-state index contributed by atoms with van der Waals surface area (Å²) in [6.45, 7) is 5.80. The minimum Gasteiger partial charge on any atom is -0.481 e. The largest absolute Gasteiger partial charge is 0.481 e. The molecule has 0 fully saturated rings. The van der Waals surface area contributed by atoms with Gasteiger partial charge in [0.15, 0.2) is 6.10 Å². The minimum atomic E-state index is -0.539. The normalized spacial score (nSPS) is 11.8. The highest BCUT2D eigenvalue weighted by molar-refractivity contribution is 5.95. The second-order valence-electron chi connectivity index (χ2n) is 5.34. The van der Waals surface area contributed by atoms with E-state index in [0.717, 1.165) is 16.8 Å². The first-order chi connectivity index (χ1) is 10.5. The SMILES string of the molecule is CCC(Oc1cccc(C)c1)C(=O)Nc1cccc(N)c1C. The molecule has 22 heavy (non-hydrogen) atoms. The van der Waals surface area contributed by atoms with Crippen molar-refractivity contribution < 1.29 is 9.53 Å². The molecule has 0 aliphatic carbocycles. The third kappa shape index (κ3) is 3.79. The predicted octanol–water partition coefficient (Wildman–Crippen LogP) is 3.68. The van der Waals surface area contributed by atoms with E-state index in [-0.39, 0.29) is 5.91 Å². The molecule has 0 heterocycles. The molecule has 0 saturated carbocycles. The minimum absolute atomic E-state index is 0.169. The van der Waals surface area contributed by atoms with Gasteiger partial charge in [-0.15, -0.1) is 0 Å². The van der Waals surface area contributed by atoms with E-state index in [1.807, 2.05) is 63.2 Å². The van der Waals surface area contributed by atoms with Crippen LogP contribution in [0.4, 0.5) is 11.4 Å². The first-order valence-corrected chi connectivity index (χ1v) is 7.40. The van der Waals surface area contributed by atoms with E-state index >= 15 is 0 Å².